The molecule has 0 aliphatic rings. The molecule has 128 valence electrons. The topological polar surface area (TPSA) is 116 Å². The molecule has 1 atom stereocenters. The lowest BCUT2D eigenvalue weighted by atomic mass is 10.2. The Balaban J connectivity index is 2.88. The molecule has 0 bridgehead atoms. The number of nitrogens with two attached hydrogens (primary N) is 1. The van der Waals surface area contributed by atoms with Crippen LogP contribution in [0.3, 0.4) is 0 Å². The lowest BCUT2D eigenvalue weighted by Crippen LogP contribution is -2.43. The van der Waals surface area contributed by atoms with E-state index in [2.05, 4.69) is 4.72 Å². The van der Waals surface area contributed by atoms with E-state index in [1.165, 1.54) is 36.0 Å². The maximum absolute atomic E-state index is 12.3. The molecule has 7 nitrogen and oxygen atoms in total. The molecule has 0 saturated heterocycles. The SMILES string of the molecule is CSCC[C@@H](NS(=O)(=O)c1ccc(Cl)cc1)C(=O)OCC(N)=O. The Morgan fingerprint density at radius 2 is 1.96 bits per heavy atom. The number of esters is 1. The first kappa shape index (κ1) is 19.8. The zero-order chi connectivity index (χ0) is 17.5. The van der Waals surface area contributed by atoms with E-state index in [1.807, 2.05) is 6.26 Å². The van der Waals surface area contributed by atoms with Gasteiger partial charge in [-0.1, -0.05) is 11.6 Å². The highest BCUT2D eigenvalue weighted by atomic mass is 35.5. The van der Waals surface area contributed by atoms with Crippen molar-refractivity contribution in [2.75, 3.05) is 18.6 Å². The molecule has 0 heterocycles. The van der Waals surface area contributed by atoms with Crippen molar-refractivity contribution in [1.29, 1.82) is 0 Å². The van der Waals surface area contributed by atoms with Gasteiger partial charge in [-0.2, -0.15) is 16.5 Å². The Kier molecular flexibility index (Phi) is 7.83. The number of sulfonamides is 1. The number of nitrogens with one attached hydrogen (secondary N) is 1. The minimum absolute atomic E-state index is 0.0289. The highest BCUT2D eigenvalue weighted by Crippen LogP contribution is 2.15. The van der Waals surface area contributed by atoms with Gasteiger partial charge in [0.2, 0.25) is 10.0 Å². The second-order valence-corrected chi connectivity index (χ2v) is 7.62. The number of thioether (sulfide) groups is 1. The summed E-state index contributed by atoms with van der Waals surface area (Å²) in [5.41, 5.74) is 4.90. The fourth-order valence-corrected chi connectivity index (χ4v) is 3.39. The summed E-state index contributed by atoms with van der Waals surface area (Å²) in [6.45, 7) is -0.600. The van der Waals surface area contributed by atoms with Gasteiger partial charge in [0.05, 0.1) is 4.90 Å². The van der Waals surface area contributed by atoms with Gasteiger partial charge in [-0.15, -0.1) is 0 Å². The largest absolute Gasteiger partial charge is 0.454 e. The van der Waals surface area contributed by atoms with Crippen LogP contribution in [0, 0.1) is 0 Å². The Hall–Kier alpha value is -1.29. The number of carbonyl (C=O) groups is 2. The van der Waals surface area contributed by atoms with Crippen molar-refractivity contribution < 1.29 is 22.7 Å². The van der Waals surface area contributed by atoms with E-state index in [0.29, 0.717) is 10.8 Å². The van der Waals surface area contributed by atoms with Crippen LogP contribution in [0.4, 0.5) is 0 Å². The number of hydrogen-bond acceptors (Lipinski definition) is 6. The van der Waals surface area contributed by atoms with Gasteiger partial charge in [0.25, 0.3) is 5.91 Å². The van der Waals surface area contributed by atoms with Gasteiger partial charge in [0.1, 0.15) is 6.04 Å². The van der Waals surface area contributed by atoms with Crippen molar-refractivity contribution in [2.45, 2.75) is 17.4 Å². The Bertz CT molecular complexity index is 649. The number of rotatable bonds is 9. The maximum atomic E-state index is 12.3. The van der Waals surface area contributed by atoms with E-state index >= 15 is 0 Å². The third-order valence-electron chi connectivity index (χ3n) is 2.67. The van der Waals surface area contributed by atoms with Gasteiger partial charge in [-0.3, -0.25) is 9.59 Å². The summed E-state index contributed by atoms with van der Waals surface area (Å²) in [4.78, 5) is 22.6. The lowest BCUT2D eigenvalue weighted by molar-refractivity contribution is -0.149. The second kappa shape index (κ2) is 9.11. The van der Waals surface area contributed by atoms with Crippen molar-refractivity contribution in [2.24, 2.45) is 5.73 Å². The predicted molar refractivity (Wildman–Crippen MR) is 88.7 cm³/mol. The van der Waals surface area contributed by atoms with Gasteiger partial charge in [0.15, 0.2) is 6.61 Å². The van der Waals surface area contributed by atoms with Crippen molar-refractivity contribution in [3.8, 4) is 0 Å². The zero-order valence-corrected chi connectivity index (χ0v) is 14.7. The monoisotopic (exact) mass is 380 g/mol. The van der Waals surface area contributed by atoms with Crippen LogP contribution >= 0.6 is 23.4 Å². The van der Waals surface area contributed by atoms with Crippen LogP contribution < -0.4 is 10.5 Å². The number of benzene rings is 1. The van der Waals surface area contributed by atoms with Crippen molar-refractivity contribution in [3.63, 3.8) is 0 Å². The van der Waals surface area contributed by atoms with Gasteiger partial charge in [-0.05, 0) is 42.7 Å². The smallest absolute Gasteiger partial charge is 0.324 e. The first-order valence-corrected chi connectivity index (χ1v) is 9.73. The quantitative estimate of drug-likeness (QED) is 0.611. The van der Waals surface area contributed by atoms with Crippen LogP contribution in [0.5, 0.6) is 0 Å². The number of carbonyl (C=O) groups excluding carboxylic acids is 2. The molecule has 0 aliphatic carbocycles. The summed E-state index contributed by atoms with van der Waals surface area (Å²) in [7, 11) is -3.93. The minimum atomic E-state index is -3.93. The molecule has 0 fully saturated rings. The zero-order valence-electron chi connectivity index (χ0n) is 12.3. The molecular weight excluding hydrogens is 364 g/mol. The lowest BCUT2D eigenvalue weighted by Gasteiger charge is -2.17. The van der Waals surface area contributed by atoms with E-state index in [4.69, 9.17) is 22.1 Å². The van der Waals surface area contributed by atoms with Gasteiger partial charge in [-0.25, -0.2) is 8.42 Å². The van der Waals surface area contributed by atoms with E-state index in [1.54, 1.807) is 0 Å². The van der Waals surface area contributed by atoms with E-state index in [9.17, 15) is 18.0 Å². The first-order chi connectivity index (χ1) is 10.8. The molecule has 1 amide bonds. The number of halogens is 1. The van der Waals surface area contributed by atoms with Crippen LogP contribution in [0.1, 0.15) is 6.42 Å². The first-order valence-electron chi connectivity index (χ1n) is 6.48. The third-order valence-corrected chi connectivity index (χ3v) is 5.06. The highest BCUT2D eigenvalue weighted by molar-refractivity contribution is 7.98. The number of hydrogen-bond donors (Lipinski definition) is 2. The van der Waals surface area contributed by atoms with Crippen LogP contribution in [-0.4, -0.2) is 45.0 Å². The second-order valence-electron chi connectivity index (χ2n) is 4.48. The molecule has 1 aromatic rings. The summed E-state index contributed by atoms with van der Waals surface area (Å²) in [6.07, 6.45) is 2.03. The van der Waals surface area contributed by atoms with Gasteiger partial charge < -0.3 is 10.5 Å². The van der Waals surface area contributed by atoms with Gasteiger partial charge >= 0.3 is 5.97 Å². The summed E-state index contributed by atoms with van der Waals surface area (Å²) >= 11 is 7.17. The summed E-state index contributed by atoms with van der Waals surface area (Å²) < 4.78 is 31.6. The fourth-order valence-electron chi connectivity index (χ4n) is 1.57. The van der Waals surface area contributed by atoms with Crippen LogP contribution in [0.15, 0.2) is 29.2 Å². The van der Waals surface area contributed by atoms with E-state index in [-0.39, 0.29) is 11.3 Å². The maximum Gasteiger partial charge on any atom is 0.324 e. The molecule has 0 saturated carbocycles. The van der Waals surface area contributed by atoms with Crippen molar-refractivity contribution in [3.05, 3.63) is 29.3 Å². The molecule has 1 aromatic carbocycles. The molecule has 0 aromatic heterocycles. The molecule has 0 radical (unpaired) electrons. The summed E-state index contributed by atoms with van der Waals surface area (Å²) in [6, 6.07) is 4.40. The normalized spacial score (nSPS) is 12.6. The Morgan fingerprint density at radius 3 is 2.48 bits per heavy atom. The van der Waals surface area contributed by atoms with Crippen LogP contribution in [0.2, 0.25) is 5.02 Å². The van der Waals surface area contributed by atoms with Crippen molar-refractivity contribution >= 4 is 45.3 Å². The van der Waals surface area contributed by atoms with Crippen molar-refractivity contribution in [1.82, 2.24) is 4.72 Å². The molecule has 23 heavy (non-hydrogen) atoms. The molecule has 10 heteroatoms. The standard InChI is InChI=1S/C13H17ClN2O5S2/c1-22-7-6-11(13(18)21-8-12(15)17)16-23(19,20)10-4-2-9(14)3-5-10/h2-5,11,16H,6-8H2,1H3,(H2,15,17)/t11-/m1/s1. The molecular formula is C13H17ClN2O5S2. The third kappa shape index (κ3) is 6.78. The molecule has 3 N–H and O–H groups in total. The fraction of sp³-hybridized carbons (Fsp3) is 0.385. The summed E-state index contributed by atoms with van der Waals surface area (Å²) in [5.74, 6) is -1.14. The molecule has 0 unspecified atom stereocenters. The Morgan fingerprint density at radius 1 is 1.35 bits per heavy atom. The highest BCUT2D eigenvalue weighted by Gasteiger charge is 2.27. The number of amides is 1. The van der Waals surface area contributed by atoms with Crippen LogP contribution in [-0.2, 0) is 24.3 Å². The van der Waals surface area contributed by atoms with E-state index < -0.39 is 34.5 Å². The minimum Gasteiger partial charge on any atom is -0.454 e. The molecule has 0 spiro atoms. The van der Waals surface area contributed by atoms with Crippen LogP contribution in [0.25, 0.3) is 0 Å². The summed E-state index contributed by atoms with van der Waals surface area (Å²) in [5, 5.41) is 0.392. The number of primary amides is 1. The number of ether oxygens (including phenoxy) is 1. The molecule has 0 aliphatic heterocycles. The average molecular weight is 381 g/mol. The van der Waals surface area contributed by atoms with Gasteiger partial charge in [0, 0.05) is 5.02 Å². The van der Waals surface area contributed by atoms with E-state index in [0.717, 1.165) is 0 Å². The Labute approximate surface area is 143 Å². The predicted octanol–water partition coefficient (Wildman–Crippen LogP) is 0.769. The average Bonchev–Trinajstić information content (AvgIpc) is 2.49. The molecule has 1 rings (SSSR count).